The Hall–Kier alpha value is -3.42. The van der Waals surface area contributed by atoms with Crippen molar-refractivity contribution in [2.45, 2.75) is 13.3 Å². The Morgan fingerprint density at radius 1 is 1.08 bits per heavy atom. The van der Waals surface area contributed by atoms with Gasteiger partial charge in [0.25, 0.3) is 5.69 Å². The van der Waals surface area contributed by atoms with Gasteiger partial charge >= 0.3 is 0 Å². The van der Waals surface area contributed by atoms with E-state index >= 15 is 0 Å². The van der Waals surface area contributed by atoms with Crippen LogP contribution in [0.25, 0.3) is 0 Å². The van der Waals surface area contributed by atoms with Crippen LogP contribution in [0.15, 0.2) is 36.4 Å². The van der Waals surface area contributed by atoms with E-state index < -0.39 is 4.92 Å². The molecule has 0 radical (unpaired) electrons. The Kier molecular flexibility index (Phi) is 5.90. The summed E-state index contributed by atoms with van der Waals surface area (Å²) in [7, 11) is 2.93. The Morgan fingerprint density at radius 3 is 2.15 bits per heavy atom. The van der Waals surface area contributed by atoms with Gasteiger partial charge in [-0.25, -0.2) is 0 Å². The van der Waals surface area contributed by atoms with E-state index in [1.165, 1.54) is 51.5 Å². The number of rotatable bonds is 7. The first-order chi connectivity index (χ1) is 12.3. The molecule has 2 aromatic rings. The molecule has 0 saturated heterocycles. The summed E-state index contributed by atoms with van der Waals surface area (Å²) >= 11 is 0. The molecule has 2 rings (SSSR count). The molecule has 0 atom stereocenters. The standard InChI is InChI=1S/C18H18N2O6/c1-11(21)15-10-17(26-3)16(25-2)8-12(15)9-18(22)19-13-4-6-14(7-5-13)20(23)24/h4-8,10H,9H2,1-3H3,(H,19,22). The first kappa shape index (κ1) is 18.9. The molecular formula is C18H18N2O6. The van der Waals surface area contributed by atoms with Crippen LogP contribution in [0.5, 0.6) is 11.5 Å². The molecule has 0 saturated carbocycles. The van der Waals surface area contributed by atoms with Crippen molar-refractivity contribution in [1.29, 1.82) is 0 Å². The summed E-state index contributed by atoms with van der Waals surface area (Å²) in [5.41, 5.74) is 1.21. The first-order valence-corrected chi connectivity index (χ1v) is 7.65. The van der Waals surface area contributed by atoms with Gasteiger partial charge in [0, 0.05) is 23.4 Å². The van der Waals surface area contributed by atoms with Crippen molar-refractivity contribution >= 4 is 23.1 Å². The summed E-state index contributed by atoms with van der Waals surface area (Å²) in [6.45, 7) is 1.40. The van der Waals surface area contributed by atoms with E-state index in [0.717, 1.165) is 0 Å². The zero-order valence-corrected chi connectivity index (χ0v) is 14.6. The van der Waals surface area contributed by atoms with Gasteiger partial charge in [0.1, 0.15) is 0 Å². The zero-order chi connectivity index (χ0) is 19.3. The first-order valence-electron chi connectivity index (χ1n) is 7.65. The fourth-order valence-electron chi connectivity index (χ4n) is 2.44. The van der Waals surface area contributed by atoms with Crippen molar-refractivity contribution in [3.05, 3.63) is 57.6 Å². The molecule has 0 heterocycles. The lowest BCUT2D eigenvalue weighted by Crippen LogP contribution is -2.16. The summed E-state index contributed by atoms with van der Waals surface area (Å²) in [5, 5.41) is 13.3. The van der Waals surface area contributed by atoms with Crippen LogP contribution in [0, 0.1) is 10.1 Å². The number of anilines is 1. The molecule has 0 spiro atoms. The van der Waals surface area contributed by atoms with Gasteiger partial charge in [-0.1, -0.05) is 0 Å². The van der Waals surface area contributed by atoms with Crippen LogP contribution >= 0.6 is 0 Å². The van der Waals surface area contributed by atoms with Gasteiger partial charge in [-0.05, 0) is 36.8 Å². The summed E-state index contributed by atoms with van der Waals surface area (Å²) in [6.07, 6.45) is -0.0632. The van der Waals surface area contributed by atoms with Crippen molar-refractivity contribution in [3.63, 3.8) is 0 Å². The second-order valence-electron chi connectivity index (χ2n) is 5.45. The van der Waals surface area contributed by atoms with Gasteiger partial charge in [0.2, 0.25) is 5.91 Å². The molecule has 8 heteroatoms. The number of nitrogens with one attached hydrogen (secondary N) is 1. The van der Waals surface area contributed by atoms with Crippen molar-refractivity contribution in [3.8, 4) is 11.5 Å². The van der Waals surface area contributed by atoms with Crippen LogP contribution in [-0.4, -0.2) is 30.8 Å². The average Bonchev–Trinajstić information content (AvgIpc) is 2.61. The average molecular weight is 358 g/mol. The largest absolute Gasteiger partial charge is 0.493 e. The molecule has 0 aliphatic carbocycles. The number of ketones is 1. The molecule has 136 valence electrons. The molecule has 26 heavy (non-hydrogen) atoms. The smallest absolute Gasteiger partial charge is 0.269 e. The molecule has 0 aliphatic rings. The number of hydrogen-bond donors (Lipinski definition) is 1. The Balaban J connectivity index is 2.22. The van der Waals surface area contributed by atoms with Crippen molar-refractivity contribution in [2.24, 2.45) is 0 Å². The lowest BCUT2D eigenvalue weighted by atomic mass is 10.00. The molecule has 1 N–H and O–H groups in total. The molecule has 2 aromatic carbocycles. The molecule has 0 unspecified atom stereocenters. The van der Waals surface area contributed by atoms with Crippen LogP contribution in [-0.2, 0) is 11.2 Å². The second-order valence-corrected chi connectivity index (χ2v) is 5.45. The number of ether oxygens (including phenoxy) is 2. The third kappa shape index (κ3) is 4.35. The van der Waals surface area contributed by atoms with E-state index in [4.69, 9.17) is 9.47 Å². The highest BCUT2D eigenvalue weighted by atomic mass is 16.6. The Bertz CT molecular complexity index is 846. The van der Waals surface area contributed by atoms with E-state index in [0.29, 0.717) is 28.3 Å². The number of nitro groups is 1. The molecule has 8 nitrogen and oxygen atoms in total. The van der Waals surface area contributed by atoms with Gasteiger partial charge in [0.15, 0.2) is 17.3 Å². The third-order valence-corrected chi connectivity index (χ3v) is 3.70. The summed E-state index contributed by atoms with van der Waals surface area (Å²) in [4.78, 5) is 34.3. The number of hydrogen-bond acceptors (Lipinski definition) is 6. The minimum atomic E-state index is -0.519. The molecule has 0 bridgehead atoms. The number of nitrogens with zero attached hydrogens (tertiary/aromatic N) is 1. The number of benzene rings is 2. The van der Waals surface area contributed by atoms with Gasteiger partial charge in [-0.3, -0.25) is 19.7 Å². The topological polar surface area (TPSA) is 108 Å². The quantitative estimate of drug-likeness (QED) is 0.463. The fourth-order valence-corrected chi connectivity index (χ4v) is 2.44. The molecule has 0 fully saturated rings. The van der Waals surface area contributed by atoms with Crippen LogP contribution in [0.2, 0.25) is 0 Å². The number of methoxy groups -OCH3 is 2. The van der Waals surface area contributed by atoms with E-state index in [-0.39, 0.29) is 23.8 Å². The van der Waals surface area contributed by atoms with Gasteiger partial charge in [-0.2, -0.15) is 0 Å². The second kappa shape index (κ2) is 8.11. The molecule has 0 aliphatic heterocycles. The van der Waals surface area contributed by atoms with Gasteiger partial charge in [0.05, 0.1) is 25.6 Å². The monoisotopic (exact) mass is 358 g/mol. The van der Waals surface area contributed by atoms with Crippen LogP contribution in [0.1, 0.15) is 22.8 Å². The lowest BCUT2D eigenvalue weighted by Gasteiger charge is -2.13. The fraction of sp³-hybridized carbons (Fsp3) is 0.222. The zero-order valence-electron chi connectivity index (χ0n) is 14.6. The van der Waals surface area contributed by atoms with Gasteiger partial charge < -0.3 is 14.8 Å². The maximum absolute atomic E-state index is 12.3. The summed E-state index contributed by atoms with van der Waals surface area (Å²) < 4.78 is 10.4. The molecule has 0 aromatic heterocycles. The minimum Gasteiger partial charge on any atom is -0.493 e. The predicted molar refractivity (Wildman–Crippen MR) is 95.0 cm³/mol. The summed E-state index contributed by atoms with van der Waals surface area (Å²) in [6, 6.07) is 8.60. The van der Waals surface area contributed by atoms with Crippen LogP contribution < -0.4 is 14.8 Å². The van der Waals surface area contributed by atoms with E-state index in [1.54, 1.807) is 6.07 Å². The maximum Gasteiger partial charge on any atom is 0.269 e. The number of carbonyl (C=O) groups is 2. The number of Topliss-reactive ketones (excluding diaryl/α,β-unsaturated/α-hetero) is 1. The van der Waals surface area contributed by atoms with Gasteiger partial charge in [-0.15, -0.1) is 0 Å². The Morgan fingerprint density at radius 2 is 1.65 bits per heavy atom. The Labute approximate surface area is 149 Å². The molecule has 1 amide bonds. The number of nitro benzene ring substituents is 1. The minimum absolute atomic E-state index is 0.0632. The van der Waals surface area contributed by atoms with Crippen molar-refractivity contribution < 1.29 is 24.0 Å². The molecular weight excluding hydrogens is 340 g/mol. The number of non-ortho nitro benzene ring substituents is 1. The maximum atomic E-state index is 12.3. The van der Waals surface area contributed by atoms with Crippen molar-refractivity contribution in [2.75, 3.05) is 19.5 Å². The lowest BCUT2D eigenvalue weighted by molar-refractivity contribution is -0.384. The highest BCUT2D eigenvalue weighted by Gasteiger charge is 2.17. The number of amides is 1. The summed E-state index contributed by atoms with van der Waals surface area (Å²) in [5.74, 6) is 0.241. The number of carbonyl (C=O) groups excluding carboxylic acids is 2. The van der Waals surface area contributed by atoms with E-state index in [9.17, 15) is 19.7 Å². The highest BCUT2D eigenvalue weighted by molar-refractivity contribution is 5.99. The van der Waals surface area contributed by atoms with E-state index in [2.05, 4.69) is 5.32 Å². The van der Waals surface area contributed by atoms with E-state index in [1.807, 2.05) is 0 Å². The third-order valence-electron chi connectivity index (χ3n) is 3.70. The highest BCUT2D eigenvalue weighted by Crippen LogP contribution is 2.31. The van der Waals surface area contributed by atoms with Crippen LogP contribution in [0.3, 0.4) is 0 Å². The van der Waals surface area contributed by atoms with Crippen LogP contribution in [0.4, 0.5) is 11.4 Å². The predicted octanol–water partition coefficient (Wildman–Crippen LogP) is 3.00. The van der Waals surface area contributed by atoms with Crippen molar-refractivity contribution in [1.82, 2.24) is 0 Å². The SMILES string of the molecule is COc1cc(CC(=O)Nc2ccc([N+](=O)[O-])cc2)c(C(C)=O)cc1OC. The normalized spacial score (nSPS) is 10.1.